The first-order chi connectivity index (χ1) is 15.9. The SMILES string of the molecule is CCOc1cc([C@@H]2N(C(=O)CC)c3ccccc3-c3c(=O)[nH]c(SC)n[n+]32)c(Br)cc1OC. The molecule has 0 saturated carbocycles. The highest BCUT2D eigenvalue weighted by Gasteiger charge is 2.46. The molecule has 0 radical (unpaired) electrons. The molecule has 0 unspecified atom stereocenters. The van der Waals surface area contributed by atoms with Crippen LogP contribution in [0.15, 0.2) is 50.8 Å². The molecule has 1 atom stereocenters. The van der Waals surface area contributed by atoms with Crippen molar-refractivity contribution in [3.05, 3.63) is 56.8 Å². The number of thioether (sulfide) groups is 1. The second kappa shape index (κ2) is 9.56. The fourth-order valence-electron chi connectivity index (χ4n) is 3.96. The average Bonchev–Trinajstić information content (AvgIpc) is 2.83. The number of methoxy groups -OCH3 is 1. The largest absolute Gasteiger partial charge is 0.493 e. The van der Waals surface area contributed by atoms with Gasteiger partial charge in [-0.3, -0.25) is 14.6 Å². The van der Waals surface area contributed by atoms with E-state index in [4.69, 9.17) is 14.6 Å². The number of halogens is 1. The number of hydrogen-bond donors (Lipinski definition) is 1. The summed E-state index contributed by atoms with van der Waals surface area (Å²) in [6.45, 7) is 4.15. The Hall–Kier alpha value is -2.85. The molecule has 1 aliphatic rings. The van der Waals surface area contributed by atoms with Gasteiger partial charge in [0.05, 0.1) is 30.5 Å². The molecule has 1 amide bonds. The van der Waals surface area contributed by atoms with Crippen LogP contribution < -0.4 is 24.6 Å². The average molecular weight is 532 g/mol. The molecule has 1 aliphatic heterocycles. The number of hydrogen-bond acceptors (Lipinski definition) is 6. The van der Waals surface area contributed by atoms with E-state index >= 15 is 0 Å². The zero-order chi connectivity index (χ0) is 23.7. The Kier molecular flexibility index (Phi) is 6.76. The van der Waals surface area contributed by atoms with Crippen molar-refractivity contribution in [1.29, 1.82) is 0 Å². The van der Waals surface area contributed by atoms with Crippen LogP contribution >= 0.6 is 27.7 Å². The fourth-order valence-corrected chi connectivity index (χ4v) is 4.85. The van der Waals surface area contributed by atoms with E-state index in [-0.39, 0.29) is 17.9 Å². The van der Waals surface area contributed by atoms with Crippen molar-refractivity contribution in [2.75, 3.05) is 24.9 Å². The monoisotopic (exact) mass is 531 g/mol. The van der Waals surface area contributed by atoms with E-state index in [1.807, 2.05) is 50.4 Å². The smallest absolute Gasteiger partial charge is 0.325 e. The fraction of sp³-hybridized carbons (Fsp3) is 0.304. The highest BCUT2D eigenvalue weighted by Crippen LogP contribution is 2.42. The highest BCUT2D eigenvalue weighted by atomic mass is 79.9. The Bertz CT molecular complexity index is 1280. The second-order valence-corrected chi connectivity index (χ2v) is 8.87. The van der Waals surface area contributed by atoms with E-state index in [1.54, 1.807) is 22.8 Å². The number of carbonyl (C=O) groups is 1. The van der Waals surface area contributed by atoms with Crippen LogP contribution in [0.1, 0.15) is 32.0 Å². The molecule has 0 aliphatic carbocycles. The van der Waals surface area contributed by atoms with Crippen LogP contribution in [-0.4, -0.2) is 36.0 Å². The van der Waals surface area contributed by atoms with Crippen molar-refractivity contribution >= 4 is 39.3 Å². The van der Waals surface area contributed by atoms with Gasteiger partial charge in [0, 0.05) is 16.0 Å². The maximum Gasteiger partial charge on any atom is 0.325 e. The molecule has 2 aromatic carbocycles. The number of nitrogens with zero attached hydrogens (tertiary/aromatic N) is 3. The molecule has 0 bridgehead atoms. The lowest BCUT2D eigenvalue weighted by atomic mass is 10.0. The minimum absolute atomic E-state index is 0.0981. The molecule has 33 heavy (non-hydrogen) atoms. The Morgan fingerprint density at radius 1 is 1.27 bits per heavy atom. The Labute approximate surface area is 204 Å². The highest BCUT2D eigenvalue weighted by molar-refractivity contribution is 9.10. The molecule has 0 saturated heterocycles. The molecule has 1 aromatic heterocycles. The van der Waals surface area contributed by atoms with Crippen LogP contribution in [0.4, 0.5) is 5.69 Å². The first kappa shape index (κ1) is 23.3. The number of anilines is 1. The summed E-state index contributed by atoms with van der Waals surface area (Å²) in [5.41, 5.74) is 2.12. The summed E-state index contributed by atoms with van der Waals surface area (Å²) >= 11 is 4.97. The van der Waals surface area contributed by atoms with Crippen molar-refractivity contribution in [2.45, 2.75) is 31.6 Å². The van der Waals surface area contributed by atoms with E-state index in [2.05, 4.69) is 20.9 Å². The van der Waals surface area contributed by atoms with Gasteiger partial charge >= 0.3 is 11.3 Å². The van der Waals surface area contributed by atoms with Crippen LogP contribution in [0.5, 0.6) is 11.5 Å². The van der Waals surface area contributed by atoms with Gasteiger partial charge in [0.2, 0.25) is 11.1 Å². The van der Waals surface area contributed by atoms with Crippen LogP contribution in [0.2, 0.25) is 0 Å². The molecule has 2 heterocycles. The lowest BCUT2D eigenvalue weighted by molar-refractivity contribution is -0.763. The summed E-state index contributed by atoms with van der Waals surface area (Å²) in [4.78, 5) is 31.1. The zero-order valence-corrected chi connectivity index (χ0v) is 21.1. The zero-order valence-electron chi connectivity index (χ0n) is 18.7. The lowest BCUT2D eigenvalue weighted by Gasteiger charge is -2.32. The van der Waals surface area contributed by atoms with Crippen molar-refractivity contribution in [3.8, 4) is 22.8 Å². The van der Waals surface area contributed by atoms with Crippen LogP contribution in [-0.2, 0) is 4.79 Å². The van der Waals surface area contributed by atoms with Gasteiger partial charge in [0.25, 0.3) is 6.17 Å². The molecular formula is C23H24BrN4O4S+. The number of aromatic amines is 1. The minimum Gasteiger partial charge on any atom is -0.493 e. The summed E-state index contributed by atoms with van der Waals surface area (Å²) in [6, 6.07) is 11.0. The number of rotatable bonds is 6. The number of H-pyrrole nitrogens is 1. The predicted molar refractivity (Wildman–Crippen MR) is 130 cm³/mol. The molecular weight excluding hydrogens is 508 g/mol. The normalized spacial score (nSPS) is 14.5. The van der Waals surface area contributed by atoms with Crippen molar-refractivity contribution in [2.24, 2.45) is 0 Å². The first-order valence-corrected chi connectivity index (χ1v) is 12.5. The van der Waals surface area contributed by atoms with Gasteiger partial charge in [-0.2, -0.15) is 0 Å². The van der Waals surface area contributed by atoms with Crippen LogP contribution in [0.25, 0.3) is 11.3 Å². The molecule has 0 spiro atoms. The standard InChI is InChI=1S/C23H23BrN4O4S/c1-5-19(29)27-16-10-8-7-9-13(16)20-21(30)25-23(33-4)26-28(20)22(27)14-11-18(32-6-2)17(31-3)12-15(14)24/h7-12,22H,5-6H2,1-4H3/p+1/t22-/m1/s1. The van der Waals surface area contributed by atoms with E-state index in [0.717, 1.165) is 0 Å². The van der Waals surface area contributed by atoms with Gasteiger partial charge in [-0.05, 0) is 42.1 Å². The molecule has 8 nitrogen and oxygen atoms in total. The summed E-state index contributed by atoms with van der Waals surface area (Å²) < 4.78 is 13.6. The first-order valence-electron chi connectivity index (χ1n) is 10.5. The number of para-hydroxylation sites is 1. The van der Waals surface area contributed by atoms with E-state index in [0.29, 0.717) is 50.2 Å². The van der Waals surface area contributed by atoms with Crippen molar-refractivity contribution in [1.82, 2.24) is 10.1 Å². The number of carbonyl (C=O) groups excluding carboxylic acids is 1. The second-order valence-electron chi connectivity index (χ2n) is 7.22. The summed E-state index contributed by atoms with van der Waals surface area (Å²) in [6.07, 6.45) is 1.41. The Morgan fingerprint density at radius 2 is 2.03 bits per heavy atom. The topological polar surface area (TPSA) is 88.4 Å². The number of aromatic nitrogens is 3. The van der Waals surface area contributed by atoms with Crippen LogP contribution in [0.3, 0.4) is 0 Å². The van der Waals surface area contributed by atoms with Gasteiger partial charge in [-0.25, -0.2) is 4.90 Å². The Morgan fingerprint density at radius 3 is 2.70 bits per heavy atom. The minimum atomic E-state index is -0.713. The number of benzene rings is 2. The third kappa shape index (κ3) is 4.02. The predicted octanol–water partition coefficient (Wildman–Crippen LogP) is 3.92. The summed E-state index contributed by atoms with van der Waals surface area (Å²) in [5, 5.41) is 5.16. The maximum atomic E-state index is 13.3. The van der Waals surface area contributed by atoms with E-state index in [9.17, 15) is 9.59 Å². The maximum absolute atomic E-state index is 13.3. The van der Waals surface area contributed by atoms with Gasteiger partial charge < -0.3 is 9.47 Å². The third-order valence-electron chi connectivity index (χ3n) is 5.38. The number of fused-ring (bicyclic) bond motifs is 3. The molecule has 10 heteroatoms. The quantitative estimate of drug-likeness (QED) is 0.383. The molecule has 4 rings (SSSR count). The summed E-state index contributed by atoms with van der Waals surface area (Å²) in [7, 11) is 1.57. The lowest BCUT2D eigenvalue weighted by Crippen LogP contribution is -2.61. The Balaban J connectivity index is 2.09. The van der Waals surface area contributed by atoms with Crippen molar-refractivity contribution < 1.29 is 19.0 Å². The molecule has 1 N–H and O–H groups in total. The third-order valence-corrected chi connectivity index (χ3v) is 6.64. The molecule has 0 fully saturated rings. The van der Waals surface area contributed by atoms with Gasteiger partial charge in [-0.15, -0.1) is 0 Å². The van der Waals surface area contributed by atoms with Gasteiger partial charge in [0.15, 0.2) is 11.5 Å². The van der Waals surface area contributed by atoms with Crippen molar-refractivity contribution in [3.63, 3.8) is 0 Å². The van der Waals surface area contributed by atoms with E-state index in [1.165, 1.54) is 11.8 Å². The van der Waals surface area contributed by atoms with Gasteiger partial charge in [0.1, 0.15) is 0 Å². The van der Waals surface area contributed by atoms with E-state index < -0.39 is 6.17 Å². The number of amides is 1. The van der Waals surface area contributed by atoms with Crippen LogP contribution in [0, 0.1) is 0 Å². The molecule has 3 aromatic rings. The number of ether oxygens (including phenoxy) is 2. The molecule has 172 valence electrons. The van der Waals surface area contributed by atoms with Gasteiger partial charge in [-0.1, -0.05) is 46.7 Å². The number of nitrogens with one attached hydrogen (secondary N) is 1. The summed E-state index contributed by atoms with van der Waals surface area (Å²) in [5.74, 6) is 1.00.